The van der Waals surface area contributed by atoms with Crippen molar-refractivity contribution in [1.29, 1.82) is 0 Å². The van der Waals surface area contributed by atoms with Gasteiger partial charge < -0.3 is 14.8 Å². The highest BCUT2D eigenvalue weighted by atomic mass is 16.5. The zero-order chi connectivity index (χ0) is 18.1. The van der Waals surface area contributed by atoms with Gasteiger partial charge in [-0.2, -0.15) is 0 Å². The fourth-order valence-corrected chi connectivity index (χ4v) is 2.91. The molecule has 1 amide bonds. The lowest BCUT2D eigenvalue weighted by molar-refractivity contribution is -0.122. The molecule has 4 nitrogen and oxygen atoms in total. The monoisotopic (exact) mass is 341 g/mol. The van der Waals surface area contributed by atoms with Crippen LogP contribution < -0.4 is 14.8 Å². The molecule has 0 bridgehead atoms. The van der Waals surface area contributed by atoms with E-state index in [1.54, 1.807) is 14.2 Å². The number of methoxy groups -OCH3 is 2. The number of hydrogen-bond donors (Lipinski definition) is 1. The van der Waals surface area contributed by atoms with Gasteiger partial charge in [-0.25, -0.2) is 0 Å². The van der Waals surface area contributed by atoms with Gasteiger partial charge in [0.15, 0.2) is 11.5 Å². The molecule has 0 aliphatic rings. The van der Waals surface area contributed by atoms with Crippen LogP contribution in [0.4, 0.5) is 0 Å². The summed E-state index contributed by atoms with van der Waals surface area (Å²) in [5, 5.41) is 3.07. The Morgan fingerprint density at radius 3 is 2.40 bits per heavy atom. The third-order valence-corrected chi connectivity index (χ3v) is 4.26. The minimum absolute atomic E-state index is 0.0865. The number of ether oxygens (including phenoxy) is 2. The molecule has 4 heteroatoms. The first-order valence-electron chi connectivity index (χ1n) is 8.73. The quantitative estimate of drug-likeness (QED) is 0.751. The standard InChI is InChI=1S/C21H27NO3/c1-4-8-18(17-9-6-5-7-10-17)21(23)22-14-13-16-11-12-19(24-2)20(15-16)25-3/h5-7,9-12,15,18H,4,8,13-14H2,1-3H3,(H,22,23)/t18-/m0/s1. The molecule has 25 heavy (non-hydrogen) atoms. The highest BCUT2D eigenvalue weighted by molar-refractivity contribution is 5.83. The molecular weight excluding hydrogens is 314 g/mol. The zero-order valence-electron chi connectivity index (χ0n) is 15.2. The number of rotatable bonds is 9. The second kappa shape index (κ2) is 9.72. The largest absolute Gasteiger partial charge is 0.493 e. The van der Waals surface area contributed by atoms with E-state index in [0.717, 1.165) is 30.4 Å². The second-order valence-corrected chi connectivity index (χ2v) is 5.98. The number of carbonyl (C=O) groups excluding carboxylic acids is 1. The molecule has 0 heterocycles. The number of nitrogens with one attached hydrogen (secondary N) is 1. The van der Waals surface area contributed by atoms with E-state index in [1.807, 2.05) is 48.5 Å². The molecule has 0 unspecified atom stereocenters. The lowest BCUT2D eigenvalue weighted by atomic mass is 9.93. The van der Waals surface area contributed by atoms with Crippen molar-refractivity contribution in [2.45, 2.75) is 32.1 Å². The summed E-state index contributed by atoms with van der Waals surface area (Å²) in [6, 6.07) is 15.8. The van der Waals surface area contributed by atoms with Crippen molar-refractivity contribution < 1.29 is 14.3 Å². The van der Waals surface area contributed by atoms with Crippen molar-refractivity contribution in [2.75, 3.05) is 20.8 Å². The summed E-state index contributed by atoms with van der Waals surface area (Å²) in [4.78, 5) is 12.6. The van der Waals surface area contributed by atoms with Crippen LogP contribution in [0.2, 0.25) is 0 Å². The third-order valence-electron chi connectivity index (χ3n) is 4.26. The number of hydrogen-bond acceptors (Lipinski definition) is 3. The van der Waals surface area contributed by atoms with Crippen LogP contribution in [-0.2, 0) is 11.2 Å². The Labute approximate surface area is 150 Å². The van der Waals surface area contributed by atoms with Gasteiger partial charge in [0.25, 0.3) is 0 Å². The second-order valence-electron chi connectivity index (χ2n) is 5.98. The lowest BCUT2D eigenvalue weighted by Gasteiger charge is -2.17. The van der Waals surface area contributed by atoms with Crippen LogP contribution in [0.15, 0.2) is 48.5 Å². The molecule has 0 saturated heterocycles. The highest BCUT2D eigenvalue weighted by Crippen LogP contribution is 2.27. The van der Waals surface area contributed by atoms with Crippen LogP contribution in [0, 0.1) is 0 Å². The molecule has 2 rings (SSSR count). The molecular formula is C21H27NO3. The third kappa shape index (κ3) is 5.24. The van der Waals surface area contributed by atoms with E-state index < -0.39 is 0 Å². The maximum absolute atomic E-state index is 12.6. The van der Waals surface area contributed by atoms with Crippen molar-refractivity contribution in [3.63, 3.8) is 0 Å². The van der Waals surface area contributed by atoms with Gasteiger partial charge in [0.05, 0.1) is 20.1 Å². The van der Waals surface area contributed by atoms with Crippen molar-refractivity contribution in [2.24, 2.45) is 0 Å². The molecule has 1 N–H and O–H groups in total. The predicted octanol–water partition coefficient (Wildman–Crippen LogP) is 3.95. The van der Waals surface area contributed by atoms with Gasteiger partial charge in [0, 0.05) is 6.54 Å². The summed E-state index contributed by atoms with van der Waals surface area (Å²) in [5.74, 6) is 1.42. The summed E-state index contributed by atoms with van der Waals surface area (Å²) >= 11 is 0. The summed E-state index contributed by atoms with van der Waals surface area (Å²) in [6.07, 6.45) is 2.58. The molecule has 0 aliphatic heterocycles. The fraction of sp³-hybridized carbons (Fsp3) is 0.381. The first kappa shape index (κ1) is 18.8. The van der Waals surface area contributed by atoms with Crippen LogP contribution in [0.3, 0.4) is 0 Å². The molecule has 0 aromatic heterocycles. The molecule has 2 aromatic carbocycles. The first-order valence-corrected chi connectivity index (χ1v) is 8.73. The van der Waals surface area contributed by atoms with Gasteiger partial charge in [-0.05, 0) is 36.1 Å². The van der Waals surface area contributed by atoms with Crippen molar-refractivity contribution in [3.8, 4) is 11.5 Å². The van der Waals surface area contributed by atoms with Crippen molar-refractivity contribution >= 4 is 5.91 Å². The van der Waals surface area contributed by atoms with Gasteiger partial charge in [-0.15, -0.1) is 0 Å². The van der Waals surface area contributed by atoms with Gasteiger partial charge in [-0.1, -0.05) is 49.7 Å². The average Bonchev–Trinajstić information content (AvgIpc) is 2.66. The smallest absolute Gasteiger partial charge is 0.227 e. The summed E-state index contributed by atoms with van der Waals surface area (Å²) in [7, 11) is 3.24. The minimum Gasteiger partial charge on any atom is -0.493 e. The molecule has 0 fully saturated rings. The number of amides is 1. The molecule has 134 valence electrons. The molecule has 2 aromatic rings. The summed E-state index contributed by atoms with van der Waals surface area (Å²) < 4.78 is 10.6. The van der Waals surface area contributed by atoms with E-state index in [-0.39, 0.29) is 11.8 Å². The van der Waals surface area contributed by atoms with Crippen LogP contribution in [0.25, 0.3) is 0 Å². The molecule has 0 aliphatic carbocycles. The minimum atomic E-state index is -0.0865. The Balaban J connectivity index is 1.94. The van der Waals surface area contributed by atoms with Gasteiger partial charge in [0.2, 0.25) is 5.91 Å². The van der Waals surface area contributed by atoms with Gasteiger partial charge in [-0.3, -0.25) is 4.79 Å². The fourth-order valence-electron chi connectivity index (χ4n) is 2.91. The van der Waals surface area contributed by atoms with E-state index in [9.17, 15) is 4.79 Å². The molecule has 0 radical (unpaired) electrons. The van der Waals surface area contributed by atoms with E-state index in [1.165, 1.54) is 0 Å². The van der Waals surface area contributed by atoms with Crippen LogP contribution in [-0.4, -0.2) is 26.7 Å². The Morgan fingerprint density at radius 2 is 1.76 bits per heavy atom. The molecule has 0 saturated carbocycles. The number of benzene rings is 2. The maximum atomic E-state index is 12.6. The lowest BCUT2D eigenvalue weighted by Crippen LogP contribution is -2.31. The number of carbonyl (C=O) groups is 1. The molecule has 1 atom stereocenters. The predicted molar refractivity (Wildman–Crippen MR) is 100 cm³/mol. The molecule has 0 spiro atoms. The van der Waals surface area contributed by atoms with Crippen LogP contribution in [0.1, 0.15) is 36.8 Å². The van der Waals surface area contributed by atoms with E-state index in [4.69, 9.17) is 9.47 Å². The maximum Gasteiger partial charge on any atom is 0.227 e. The van der Waals surface area contributed by atoms with E-state index in [2.05, 4.69) is 12.2 Å². The summed E-state index contributed by atoms with van der Waals surface area (Å²) in [6.45, 7) is 2.70. The Morgan fingerprint density at radius 1 is 1.04 bits per heavy atom. The highest BCUT2D eigenvalue weighted by Gasteiger charge is 2.19. The van der Waals surface area contributed by atoms with E-state index >= 15 is 0 Å². The topological polar surface area (TPSA) is 47.6 Å². The zero-order valence-corrected chi connectivity index (χ0v) is 15.2. The van der Waals surface area contributed by atoms with E-state index in [0.29, 0.717) is 18.0 Å². The normalized spacial score (nSPS) is 11.6. The van der Waals surface area contributed by atoms with Gasteiger partial charge >= 0.3 is 0 Å². The Bertz CT molecular complexity index is 670. The van der Waals surface area contributed by atoms with Crippen molar-refractivity contribution in [3.05, 3.63) is 59.7 Å². The van der Waals surface area contributed by atoms with Crippen LogP contribution in [0.5, 0.6) is 11.5 Å². The average molecular weight is 341 g/mol. The Kier molecular flexibility index (Phi) is 7.33. The van der Waals surface area contributed by atoms with Crippen LogP contribution >= 0.6 is 0 Å². The Hall–Kier alpha value is -2.49. The van der Waals surface area contributed by atoms with Crippen molar-refractivity contribution in [1.82, 2.24) is 5.32 Å². The van der Waals surface area contributed by atoms with Gasteiger partial charge in [0.1, 0.15) is 0 Å². The summed E-state index contributed by atoms with van der Waals surface area (Å²) in [5.41, 5.74) is 2.18. The first-order chi connectivity index (χ1) is 12.2. The SMILES string of the molecule is CCC[C@H](C(=O)NCCc1ccc(OC)c(OC)c1)c1ccccc1.